The summed E-state index contributed by atoms with van der Waals surface area (Å²) in [5.74, 6) is 0.294. The number of nitrogens with zero attached hydrogens (tertiary/aromatic N) is 1. The number of nitrogen functional groups attached to an aromatic ring is 1. The molecule has 0 aliphatic rings. The van der Waals surface area contributed by atoms with E-state index in [4.69, 9.17) is 19.9 Å². The number of hydrogen-bond donors (Lipinski definition) is 1. The highest BCUT2D eigenvalue weighted by Crippen LogP contribution is 2.31. The third kappa shape index (κ3) is 3.43. The Hall–Kier alpha value is -2.28. The van der Waals surface area contributed by atoms with Crippen LogP contribution in [-0.4, -0.2) is 25.2 Å². The minimum absolute atomic E-state index is 0.107. The second kappa shape index (κ2) is 6.45. The summed E-state index contributed by atoms with van der Waals surface area (Å²) in [4.78, 5) is 16.4. The first kappa shape index (κ1) is 15.1. The molecule has 0 fully saturated rings. The van der Waals surface area contributed by atoms with E-state index < -0.39 is 5.97 Å². The van der Waals surface area contributed by atoms with Gasteiger partial charge in [-0.25, -0.2) is 9.78 Å². The van der Waals surface area contributed by atoms with Gasteiger partial charge in [-0.2, -0.15) is 0 Å². The number of thiazole rings is 1. The Morgan fingerprint density at radius 2 is 2.10 bits per heavy atom. The quantitative estimate of drug-likeness (QED) is 0.674. The number of benzene rings is 1. The van der Waals surface area contributed by atoms with Crippen LogP contribution in [0.1, 0.15) is 21.1 Å². The van der Waals surface area contributed by atoms with E-state index in [1.807, 2.05) is 12.3 Å². The molecule has 6 nitrogen and oxygen atoms in total. The molecule has 2 aromatic rings. The lowest BCUT2D eigenvalue weighted by atomic mass is 10.1. The topological polar surface area (TPSA) is 83.7 Å². The molecule has 1 heterocycles. The van der Waals surface area contributed by atoms with E-state index in [1.54, 1.807) is 6.07 Å². The van der Waals surface area contributed by atoms with Crippen LogP contribution in [0.25, 0.3) is 0 Å². The molecule has 0 amide bonds. The highest BCUT2D eigenvalue weighted by atomic mass is 32.1. The first-order chi connectivity index (χ1) is 10.0. The van der Waals surface area contributed by atoms with Crippen LogP contribution in [0.15, 0.2) is 17.5 Å². The first-order valence-corrected chi connectivity index (χ1v) is 7.02. The number of carbonyl (C=O) groups is 1. The first-order valence-electron chi connectivity index (χ1n) is 6.14. The maximum Gasteiger partial charge on any atom is 0.340 e. The summed E-state index contributed by atoms with van der Waals surface area (Å²) in [5.41, 5.74) is 7.22. The molecule has 2 N–H and O–H groups in total. The second-order valence-corrected chi connectivity index (χ2v) is 5.19. The Morgan fingerprint density at radius 3 is 2.67 bits per heavy atom. The number of ether oxygens (including phenoxy) is 3. The standard InChI is InChI=1S/C14H16N2O4S/c1-8-7-21-12(16-8)6-20-14(17)10-4-9(18-2)5-11(19-3)13(10)15/h4-5,7H,6,15H2,1-3H3. The van der Waals surface area contributed by atoms with Crippen LogP contribution >= 0.6 is 11.3 Å². The lowest BCUT2D eigenvalue weighted by molar-refractivity contribution is 0.0473. The van der Waals surface area contributed by atoms with Gasteiger partial charge in [-0.1, -0.05) is 0 Å². The zero-order valence-electron chi connectivity index (χ0n) is 12.0. The number of aryl methyl sites for hydroxylation is 1. The van der Waals surface area contributed by atoms with E-state index in [2.05, 4.69) is 4.98 Å². The van der Waals surface area contributed by atoms with E-state index in [0.29, 0.717) is 11.5 Å². The molecule has 1 aromatic heterocycles. The van der Waals surface area contributed by atoms with Crippen molar-refractivity contribution >= 4 is 23.0 Å². The molecule has 0 spiro atoms. The predicted octanol–water partition coefficient (Wildman–Crippen LogP) is 2.41. The molecular formula is C14H16N2O4S. The minimum atomic E-state index is -0.544. The van der Waals surface area contributed by atoms with Crippen molar-refractivity contribution in [3.05, 3.63) is 33.8 Å². The fraction of sp³-hybridized carbons (Fsp3) is 0.286. The Balaban J connectivity index is 2.18. The van der Waals surface area contributed by atoms with Gasteiger partial charge in [0.1, 0.15) is 23.1 Å². The summed E-state index contributed by atoms with van der Waals surface area (Å²) in [5, 5.41) is 2.63. The monoisotopic (exact) mass is 308 g/mol. The van der Waals surface area contributed by atoms with Gasteiger partial charge in [-0.15, -0.1) is 11.3 Å². The molecule has 0 bridgehead atoms. The fourth-order valence-electron chi connectivity index (χ4n) is 1.73. The number of rotatable bonds is 5. The molecular weight excluding hydrogens is 292 g/mol. The van der Waals surface area contributed by atoms with Crippen molar-refractivity contribution in [1.29, 1.82) is 0 Å². The molecule has 0 aliphatic heterocycles. The summed E-state index contributed by atoms with van der Waals surface area (Å²) in [6.45, 7) is 1.99. The minimum Gasteiger partial charge on any atom is -0.497 e. The van der Waals surface area contributed by atoms with Crippen molar-refractivity contribution in [2.45, 2.75) is 13.5 Å². The largest absolute Gasteiger partial charge is 0.497 e. The van der Waals surface area contributed by atoms with Crippen LogP contribution in [0.5, 0.6) is 11.5 Å². The van der Waals surface area contributed by atoms with Gasteiger partial charge in [-0.05, 0) is 13.0 Å². The van der Waals surface area contributed by atoms with E-state index in [-0.39, 0.29) is 17.9 Å². The van der Waals surface area contributed by atoms with Crippen molar-refractivity contribution in [2.75, 3.05) is 20.0 Å². The van der Waals surface area contributed by atoms with Gasteiger partial charge in [0.05, 0.1) is 25.5 Å². The van der Waals surface area contributed by atoms with Gasteiger partial charge in [0.2, 0.25) is 0 Å². The molecule has 0 atom stereocenters. The van der Waals surface area contributed by atoms with E-state index in [9.17, 15) is 4.79 Å². The summed E-state index contributed by atoms with van der Waals surface area (Å²) in [6, 6.07) is 3.13. The third-order valence-corrected chi connectivity index (χ3v) is 3.72. The molecule has 0 saturated carbocycles. The van der Waals surface area contributed by atoms with E-state index in [1.165, 1.54) is 31.6 Å². The molecule has 0 unspecified atom stereocenters. The van der Waals surface area contributed by atoms with Crippen LogP contribution in [0.2, 0.25) is 0 Å². The third-order valence-electron chi connectivity index (χ3n) is 2.78. The average Bonchev–Trinajstić information content (AvgIpc) is 2.90. The molecule has 7 heteroatoms. The number of carbonyl (C=O) groups excluding carboxylic acids is 1. The van der Waals surface area contributed by atoms with Crippen molar-refractivity contribution < 1.29 is 19.0 Å². The normalized spacial score (nSPS) is 10.2. The summed E-state index contributed by atoms with van der Waals surface area (Å²) < 4.78 is 15.5. The molecule has 21 heavy (non-hydrogen) atoms. The second-order valence-electron chi connectivity index (χ2n) is 4.25. The molecule has 0 aliphatic carbocycles. The number of hydrogen-bond acceptors (Lipinski definition) is 7. The summed E-state index contributed by atoms with van der Waals surface area (Å²) in [6.07, 6.45) is 0. The Morgan fingerprint density at radius 1 is 1.33 bits per heavy atom. The van der Waals surface area contributed by atoms with Gasteiger partial charge < -0.3 is 19.9 Å². The zero-order valence-corrected chi connectivity index (χ0v) is 12.8. The number of methoxy groups -OCH3 is 2. The van der Waals surface area contributed by atoms with Crippen LogP contribution in [0, 0.1) is 6.92 Å². The van der Waals surface area contributed by atoms with Crippen molar-refractivity contribution in [3.63, 3.8) is 0 Å². The maximum absolute atomic E-state index is 12.1. The van der Waals surface area contributed by atoms with Crippen LogP contribution in [-0.2, 0) is 11.3 Å². The molecule has 0 saturated heterocycles. The lowest BCUT2D eigenvalue weighted by Gasteiger charge is -2.12. The SMILES string of the molecule is COc1cc(OC)c(N)c(C(=O)OCc2nc(C)cs2)c1. The summed E-state index contributed by atoms with van der Waals surface area (Å²) in [7, 11) is 2.97. The number of aromatic nitrogens is 1. The van der Waals surface area contributed by atoms with E-state index >= 15 is 0 Å². The smallest absolute Gasteiger partial charge is 0.340 e. The van der Waals surface area contributed by atoms with Crippen LogP contribution in [0.3, 0.4) is 0 Å². The van der Waals surface area contributed by atoms with E-state index in [0.717, 1.165) is 10.7 Å². The fourth-order valence-corrected chi connectivity index (χ4v) is 2.41. The van der Waals surface area contributed by atoms with Crippen molar-refractivity contribution in [2.24, 2.45) is 0 Å². The Bertz CT molecular complexity index is 654. The zero-order chi connectivity index (χ0) is 15.4. The van der Waals surface area contributed by atoms with Crippen LogP contribution in [0.4, 0.5) is 5.69 Å². The Labute approximate surface area is 126 Å². The Kier molecular flexibility index (Phi) is 4.64. The van der Waals surface area contributed by atoms with Gasteiger partial charge in [-0.3, -0.25) is 0 Å². The average molecular weight is 308 g/mol. The molecule has 112 valence electrons. The van der Waals surface area contributed by atoms with Gasteiger partial charge in [0.15, 0.2) is 0 Å². The van der Waals surface area contributed by atoms with Crippen LogP contribution < -0.4 is 15.2 Å². The highest BCUT2D eigenvalue weighted by molar-refractivity contribution is 7.09. The molecule has 2 rings (SSSR count). The number of nitrogens with two attached hydrogens (primary N) is 1. The molecule has 0 radical (unpaired) electrons. The van der Waals surface area contributed by atoms with Crippen molar-refractivity contribution in [1.82, 2.24) is 4.98 Å². The molecule has 1 aromatic carbocycles. The van der Waals surface area contributed by atoms with Crippen molar-refractivity contribution in [3.8, 4) is 11.5 Å². The lowest BCUT2D eigenvalue weighted by Crippen LogP contribution is -2.09. The predicted molar refractivity (Wildman–Crippen MR) is 79.9 cm³/mol. The number of esters is 1. The van der Waals surface area contributed by atoms with Gasteiger partial charge >= 0.3 is 5.97 Å². The number of anilines is 1. The highest BCUT2D eigenvalue weighted by Gasteiger charge is 2.17. The summed E-state index contributed by atoms with van der Waals surface area (Å²) >= 11 is 1.44. The maximum atomic E-state index is 12.1. The van der Waals surface area contributed by atoms with Gasteiger partial charge in [0, 0.05) is 17.1 Å². The van der Waals surface area contributed by atoms with Gasteiger partial charge in [0.25, 0.3) is 0 Å².